The number of aryl methyl sites for hydroxylation is 1. The highest BCUT2D eigenvalue weighted by Gasteiger charge is 2.23. The molecule has 3 heterocycles. The molecule has 0 saturated carbocycles. The zero-order valence-corrected chi connectivity index (χ0v) is 19.6. The number of hydrogen-bond acceptors (Lipinski definition) is 7. The minimum Gasteiger partial charge on any atom is -0.363 e. The van der Waals surface area contributed by atoms with Gasteiger partial charge in [-0.25, -0.2) is 28.1 Å². The molecule has 1 aliphatic heterocycles. The van der Waals surface area contributed by atoms with E-state index in [1.807, 2.05) is 6.07 Å². The van der Waals surface area contributed by atoms with Gasteiger partial charge >= 0.3 is 0 Å². The summed E-state index contributed by atoms with van der Waals surface area (Å²) in [6, 6.07) is 5.21. The molecule has 1 atom stereocenters. The van der Waals surface area contributed by atoms with Crippen LogP contribution in [-0.2, 0) is 4.79 Å². The molecule has 8 nitrogen and oxygen atoms in total. The third-order valence-corrected chi connectivity index (χ3v) is 6.11. The van der Waals surface area contributed by atoms with Crippen molar-refractivity contribution in [3.05, 3.63) is 53.2 Å². The summed E-state index contributed by atoms with van der Waals surface area (Å²) < 4.78 is 41.0. The van der Waals surface area contributed by atoms with Crippen molar-refractivity contribution in [2.75, 3.05) is 42.9 Å². The number of aromatic nitrogens is 3. The number of pyridine rings is 1. The molecule has 0 radical (unpaired) electrons. The molecule has 1 unspecified atom stereocenters. The van der Waals surface area contributed by atoms with Crippen LogP contribution < -0.4 is 16.0 Å². The average Bonchev–Trinajstić information content (AvgIpc) is 2.84. The lowest BCUT2D eigenvalue weighted by Crippen LogP contribution is -2.49. The smallest absolute Gasteiger partial charge is 0.266 e. The maximum Gasteiger partial charge on any atom is 0.266 e. The molecule has 11 heteroatoms. The highest BCUT2D eigenvalue weighted by molar-refractivity contribution is 5.90. The summed E-state index contributed by atoms with van der Waals surface area (Å²) in [5, 5.41) is 3.85. The Morgan fingerprint density at radius 2 is 1.89 bits per heavy atom. The number of nitrogens with one attached hydrogen (secondary N) is 1. The third kappa shape index (κ3) is 5.29. The maximum atomic E-state index is 14.7. The van der Waals surface area contributed by atoms with Gasteiger partial charge in [-0.1, -0.05) is 18.2 Å². The first kappa shape index (κ1) is 24.6. The number of alkyl halides is 2. The normalized spacial score (nSPS) is 15.1. The number of halogens is 3. The SMILES string of the molecule is Cc1nc(NC(C)c2cccc(C(F)F)c2F)c2cc(N3CCN(C(=O)CCN)CC3)ncc2n1. The molecule has 1 fully saturated rings. The highest BCUT2D eigenvalue weighted by atomic mass is 19.3. The summed E-state index contributed by atoms with van der Waals surface area (Å²) >= 11 is 0. The van der Waals surface area contributed by atoms with Gasteiger partial charge in [-0.15, -0.1) is 0 Å². The zero-order valence-electron chi connectivity index (χ0n) is 19.6. The van der Waals surface area contributed by atoms with Crippen LogP contribution in [0.4, 0.5) is 24.8 Å². The van der Waals surface area contributed by atoms with Crippen molar-refractivity contribution in [1.82, 2.24) is 19.9 Å². The molecule has 1 aromatic carbocycles. The van der Waals surface area contributed by atoms with Crippen molar-refractivity contribution in [2.45, 2.75) is 32.7 Å². The second-order valence-corrected chi connectivity index (χ2v) is 8.50. The summed E-state index contributed by atoms with van der Waals surface area (Å²) in [4.78, 5) is 29.5. The fourth-order valence-electron chi connectivity index (χ4n) is 4.24. The highest BCUT2D eigenvalue weighted by Crippen LogP contribution is 2.31. The number of fused-ring (bicyclic) bond motifs is 1. The number of hydrogen-bond donors (Lipinski definition) is 2. The Morgan fingerprint density at radius 3 is 2.57 bits per heavy atom. The maximum absolute atomic E-state index is 14.7. The van der Waals surface area contributed by atoms with E-state index >= 15 is 0 Å². The van der Waals surface area contributed by atoms with Gasteiger partial charge in [0, 0.05) is 50.1 Å². The lowest BCUT2D eigenvalue weighted by atomic mass is 10.0. The van der Waals surface area contributed by atoms with E-state index in [0.29, 0.717) is 67.5 Å². The number of nitrogens with zero attached hydrogens (tertiary/aromatic N) is 5. The Bertz CT molecular complexity index is 1220. The fraction of sp³-hybridized carbons (Fsp3) is 0.417. The molecule has 3 N–H and O–H groups in total. The quantitative estimate of drug-likeness (QED) is 0.525. The molecule has 3 aromatic rings. The molecule has 1 saturated heterocycles. The standard InChI is InChI=1S/C24H28F3N7O/c1-14(16-4-3-5-17(22(16)25)23(26)27)30-24-18-12-20(29-13-19(18)31-15(2)32-24)33-8-10-34(11-9-33)21(35)6-7-28/h3-5,12-14,23H,6-11,28H2,1-2H3,(H,30,31,32). The van der Waals surface area contributed by atoms with Gasteiger partial charge in [0.1, 0.15) is 23.3 Å². The number of benzene rings is 1. The van der Waals surface area contributed by atoms with E-state index in [2.05, 4.69) is 25.2 Å². The van der Waals surface area contributed by atoms with E-state index in [-0.39, 0.29) is 11.5 Å². The molecule has 0 spiro atoms. The van der Waals surface area contributed by atoms with Crippen LogP contribution in [0.2, 0.25) is 0 Å². The predicted octanol–water partition coefficient (Wildman–Crippen LogP) is 3.58. The van der Waals surface area contributed by atoms with Gasteiger partial charge in [0.15, 0.2) is 0 Å². The van der Waals surface area contributed by atoms with E-state index in [9.17, 15) is 18.0 Å². The van der Waals surface area contributed by atoms with Crippen LogP contribution in [0.1, 0.15) is 42.8 Å². The van der Waals surface area contributed by atoms with Crippen LogP contribution in [0.15, 0.2) is 30.5 Å². The lowest BCUT2D eigenvalue weighted by Gasteiger charge is -2.35. The van der Waals surface area contributed by atoms with Crippen LogP contribution in [0.25, 0.3) is 10.9 Å². The molecule has 186 valence electrons. The van der Waals surface area contributed by atoms with Crippen molar-refractivity contribution < 1.29 is 18.0 Å². The van der Waals surface area contributed by atoms with Gasteiger partial charge in [-0.2, -0.15) is 0 Å². The van der Waals surface area contributed by atoms with Gasteiger partial charge in [-0.3, -0.25) is 4.79 Å². The number of carbonyl (C=O) groups is 1. The van der Waals surface area contributed by atoms with E-state index in [1.54, 1.807) is 24.9 Å². The number of piperazine rings is 1. The molecular formula is C24H28F3N7O. The van der Waals surface area contributed by atoms with Gasteiger partial charge in [0.2, 0.25) is 5.91 Å². The van der Waals surface area contributed by atoms with E-state index in [1.165, 1.54) is 12.1 Å². The number of carbonyl (C=O) groups excluding carboxylic acids is 1. The number of amides is 1. The molecule has 0 aliphatic carbocycles. The molecule has 35 heavy (non-hydrogen) atoms. The van der Waals surface area contributed by atoms with Crippen LogP contribution in [0, 0.1) is 12.7 Å². The van der Waals surface area contributed by atoms with Crippen molar-refractivity contribution in [2.24, 2.45) is 5.73 Å². The van der Waals surface area contributed by atoms with E-state index < -0.39 is 23.8 Å². The molecule has 1 amide bonds. The number of nitrogens with two attached hydrogens (primary N) is 1. The topological polar surface area (TPSA) is 100 Å². The van der Waals surface area contributed by atoms with Crippen molar-refractivity contribution in [3.8, 4) is 0 Å². The number of rotatable bonds is 7. The monoisotopic (exact) mass is 487 g/mol. The molecule has 2 aromatic heterocycles. The fourth-order valence-corrected chi connectivity index (χ4v) is 4.24. The molecule has 1 aliphatic rings. The number of anilines is 2. The Balaban J connectivity index is 1.59. The Morgan fingerprint density at radius 1 is 1.17 bits per heavy atom. The first-order valence-corrected chi connectivity index (χ1v) is 11.5. The third-order valence-electron chi connectivity index (χ3n) is 6.11. The van der Waals surface area contributed by atoms with Crippen LogP contribution in [-0.4, -0.2) is 58.5 Å². The largest absolute Gasteiger partial charge is 0.363 e. The summed E-state index contributed by atoms with van der Waals surface area (Å²) in [5.74, 6) is 0.781. The van der Waals surface area contributed by atoms with Gasteiger partial charge in [0.25, 0.3) is 6.43 Å². The molecule has 4 rings (SSSR count). The average molecular weight is 488 g/mol. The van der Waals surface area contributed by atoms with Crippen molar-refractivity contribution >= 4 is 28.4 Å². The molecular weight excluding hydrogens is 459 g/mol. The van der Waals surface area contributed by atoms with E-state index in [0.717, 1.165) is 6.07 Å². The summed E-state index contributed by atoms with van der Waals surface area (Å²) in [7, 11) is 0. The second-order valence-electron chi connectivity index (χ2n) is 8.50. The van der Waals surface area contributed by atoms with Crippen LogP contribution in [0.5, 0.6) is 0 Å². The summed E-state index contributed by atoms with van der Waals surface area (Å²) in [6.45, 7) is 6.14. The summed E-state index contributed by atoms with van der Waals surface area (Å²) in [6.07, 6.45) is -0.915. The predicted molar refractivity (Wildman–Crippen MR) is 128 cm³/mol. The van der Waals surface area contributed by atoms with Gasteiger partial charge < -0.3 is 20.9 Å². The first-order valence-electron chi connectivity index (χ1n) is 11.5. The summed E-state index contributed by atoms with van der Waals surface area (Å²) in [5.41, 5.74) is 5.59. The van der Waals surface area contributed by atoms with Crippen molar-refractivity contribution in [3.63, 3.8) is 0 Å². The van der Waals surface area contributed by atoms with Gasteiger partial charge in [0.05, 0.1) is 23.3 Å². The zero-order chi connectivity index (χ0) is 25.1. The minimum atomic E-state index is -2.90. The molecule has 0 bridgehead atoms. The van der Waals surface area contributed by atoms with E-state index in [4.69, 9.17) is 5.73 Å². The van der Waals surface area contributed by atoms with Crippen molar-refractivity contribution in [1.29, 1.82) is 0 Å². The lowest BCUT2D eigenvalue weighted by molar-refractivity contribution is -0.131. The van der Waals surface area contributed by atoms with Crippen LogP contribution in [0.3, 0.4) is 0 Å². The van der Waals surface area contributed by atoms with Gasteiger partial charge in [-0.05, 0) is 19.9 Å². The Labute approximate surface area is 201 Å². The Kier molecular flexibility index (Phi) is 7.34. The second kappa shape index (κ2) is 10.4. The Hall–Kier alpha value is -3.47. The minimum absolute atomic E-state index is 0.0473. The van der Waals surface area contributed by atoms with Crippen LogP contribution >= 0.6 is 0 Å². The first-order chi connectivity index (χ1) is 16.8.